The average Bonchev–Trinajstić information content (AvgIpc) is 2.61. The number of hydrogen-bond donors (Lipinski definition) is 1. The fourth-order valence-corrected chi connectivity index (χ4v) is 1.52. The summed E-state index contributed by atoms with van der Waals surface area (Å²) in [5, 5.41) is 9.57. The molecule has 0 radical (unpaired) electrons. The summed E-state index contributed by atoms with van der Waals surface area (Å²) in [6.07, 6.45) is 0. The first-order chi connectivity index (χ1) is 7.20. The van der Waals surface area contributed by atoms with Crippen LogP contribution in [0.5, 0.6) is 0 Å². The molecule has 0 bridgehead atoms. The molecule has 4 heteroatoms. The molecule has 0 saturated carbocycles. The summed E-state index contributed by atoms with van der Waals surface area (Å²) in [5.74, 6) is 1.01. The number of aliphatic hydroxyl groups is 1. The normalized spacial score (nSPS) is 10.6. The standard InChI is InChI=1S/C11H10ClNO2/c1-7-11(15-10(6-14)13-7)8-2-4-9(12)5-3-8/h2-5,14H,6H2,1H3. The van der Waals surface area contributed by atoms with E-state index in [0.29, 0.717) is 16.7 Å². The van der Waals surface area contributed by atoms with Crippen LogP contribution in [0.4, 0.5) is 0 Å². The minimum absolute atomic E-state index is 0.186. The van der Waals surface area contributed by atoms with E-state index >= 15 is 0 Å². The van der Waals surface area contributed by atoms with Gasteiger partial charge in [-0.05, 0) is 31.2 Å². The zero-order valence-electron chi connectivity index (χ0n) is 8.20. The summed E-state index contributed by atoms with van der Waals surface area (Å²) >= 11 is 5.79. The Morgan fingerprint density at radius 3 is 2.53 bits per heavy atom. The van der Waals surface area contributed by atoms with Crippen molar-refractivity contribution in [2.75, 3.05) is 0 Å². The molecule has 1 N–H and O–H groups in total. The van der Waals surface area contributed by atoms with Gasteiger partial charge in [-0.25, -0.2) is 4.98 Å². The Balaban J connectivity index is 2.44. The zero-order chi connectivity index (χ0) is 10.8. The number of aliphatic hydroxyl groups excluding tert-OH is 1. The molecule has 0 aliphatic heterocycles. The van der Waals surface area contributed by atoms with E-state index in [1.807, 2.05) is 19.1 Å². The predicted molar refractivity (Wildman–Crippen MR) is 57.6 cm³/mol. The van der Waals surface area contributed by atoms with Crippen LogP contribution in [0.25, 0.3) is 11.3 Å². The lowest BCUT2D eigenvalue weighted by Crippen LogP contribution is -1.80. The number of aromatic nitrogens is 1. The van der Waals surface area contributed by atoms with Crippen LogP contribution in [0.1, 0.15) is 11.6 Å². The highest BCUT2D eigenvalue weighted by atomic mass is 35.5. The van der Waals surface area contributed by atoms with Gasteiger partial charge in [0.1, 0.15) is 6.61 Å². The molecule has 2 rings (SSSR count). The van der Waals surface area contributed by atoms with E-state index < -0.39 is 0 Å². The maximum atomic E-state index is 8.89. The first-order valence-corrected chi connectivity index (χ1v) is 4.91. The second-order valence-corrected chi connectivity index (χ2v) is 3.62. The van der Waals surface area contributed by atoms with E-state index in [0.717, 1.165) is 11.3 Å². The lowest BCUT2D eigenvalue weighted by molar-refractivity contribution is 0.241. The molecule has 3 nitrogen and oxygen atoms in total. The van der Waals surface area contributed by atoms with Gasteiger partial charge in [0.15, 0.2) is 5.76 Å². The molecule has 2 aromatic rings. The van der Waals surface area contributed by atoms with Crippen molar-refractivity contribution in [1.82, 2.24) is 4.98 Å². The van der Waals surface area contributed by atoms with Crippen LogP contribution in [0.3, 0.4) is 0 Å². The summed E-state index contributed by atoms with van der Waals surface area (Å²) < 4.78 is 5.39. The second-order valence-electron chi connectivity index (χ2n) is 3.19. The van der Waals surface area contributed by atoms with Crippen LogP contribution in [0, 0.1) is 6.92 Å². The van der Waals surface area contributed by atoms with E-state index in [9.17, 15) is 0 Å². The molecule has 0 unspecified atom stereocenters. The molecule has 1 heterocycles. The fraction of sp³-hybridized carbons (Fsp3) is 0.182. The maximum absolute atomic E-state index is 8.89. The van der Waals surface area contributed by atoms with Crippen molar-refractivity contribution in [3.8, 4) is 11.3 Å². The molecular formula is C11H10ClNO2. The summed E-state index contributed by atoms with van der Waals surface area (Å²) in [4.78, 5) is 4.08. The van der Waals surface area contributed by atoms with E-state index in [1.54, 1.807) is 12.1 Å². The van der Waals surface area contributed by atoms with Crippen LogP contribution in [0.2, 0.25) is 5.02 Å². The van der Waals surface area contributed by atoms with Crippen molar-refractivity contribution in [2.24, 2.45) is 0 Å². The minimum atomic E-state index is -0.186. The molecule has 15 heavy (non-hydrogen) atoms. The molecule has 0 spiro atoms. The number of halogens is 1. The Bertz CT molecular complexity index is 462. The first-order valence-electron chi connectivity index (χ1n) is 4.54. The van der Waals surface area contributed by atoms with Gasteiger partial charge in [0.25, 0.3) is 0 Å². The highest BCUT2D eigenvalue weighted by Gasteiger charge is 2.10. The lowest BCUT2D eigenvalue weighted by atomic mass is 10.1. The van der Waals surface area contributed by atoms with E-state index in [4.69, 9.17) is 21.1 Å². The zero-order valence-corrected chi connectivity index (χ0v) is 8.95. The van der Waals surface area contributed by atoms with Gasteiger partial charge in [-0.3, -0.25) is 0 Å². The Hall–Kier alpha value is -1.32. The number of benzene rings is 1. The first kappa shape index (κ1) is 10.2. The molecule has 0 atom stereocenters. The molecule has 1 aromatic carbocycles. The predicted octanol–water partition coefficient (Wildman–Crippen LogP) is 2.80. The number of aryl methyl sites for hydroxylation is 1. The Kier molecular flexibility index (Phi) is 2.75. The van der Waals surface area contributed by atoms with Crippen LogP contribution >= 0.6 is 11.6 Å². The van der Waals surface area contributed by atoms with Crippen molar-refractivity contribution < 1.29 is 9.52 Å². The topological polar surface area (TPSA) is 46.3 Å². The van der Waals surface area contributed by atoms with Crippen LogP contribution in [-0.2, 0) is 6.61 Å². The highest BCUT2D eigenvalue weighted by molar-refractivity contribution is 6.30. The van der Waals surface area contributed by atoms with E-state index in [-0.39, 0.29) is 6.61 Å². The number of hydrogen-bond acceptors (Lipinski definition) is 3. The number of nitrogens with zero attached hydrogens (tertiary/aromatic N) is 1. The monoisotopic (exact) mass is 223 g/mol. The van der Waals surface area contributed by atoms with Gasteiger partial charge >= 0.3 is 0 Å². The maximum Gasteiger partial charge on any atom is 0.220 e. The Labute approximate surface area is 92.3 Å². The fourth-order valence-electron chi connectivity index (χ4n) is 1.39. The third kappa shape index (κ3) is 2.03. The minimum Gasteiger partial charge on any atom is -0.438 e. The third-order valence-electron chi connectivity index (χ3n) is 2.08. The summed E-state index contributed by atoms with van der Waals surface area (Å²) in [6.45, 7) is 1.65. The molecule has 78 valence electrons. The molecule has 0 aliphatic carbocycles. The molecule has 0 saturated heterocycles. The quantitative estimate of drug-likeness (QED) is 0.852. The van der Waals surface area contributed by atoms with E-state index in [2.05, 4.69) is 4.98 Å². The van der Waals surface area contributed by atoms with Crippen molar-refractivity contribution >= 4 is 11.6 Å². The lowest BCUT2D eigenvalue weighted by Gasteiger charge is -1.97. The van der Waals surface area contributed by atoms with Gasteiger partial charge in [0.05, 0.1) is 5.69 Å². The molecular weight excluding hydrogens is 214 g/mol. The summed E-state index contributed by atoms with van der Waals surface area (Å²) in [6, 6.07) is 7.29. The van der Waals surface area contributed by atoms with Crippen molar-refractivity contribution in [2.45, 2.75) is 13.5 Å². The third-order valence-corrected chi connectivity index (χ3v) is 2.33. The van der Waals surface area contributed by atoms with Crippen LogP contribution in [-0.4, -0.2) is 10.1 Å². The number of oxazole rings is 1. The van der Waals surface area contributed by atoms with Gasteiger partial charge in [-0.2, -0.15) is 0 Å². The molecule has 1 aromatic heterocycles. The number of rotatable bonds is 2. The van der Waals surface area contributed by atoms with Gasteiger partial charge in [-0.1, -0.05) is 11.6 Å². The summed E-state index contributed by atoms with van der Waals surface area (Å²) in [7, 11) is 0. The largest absolute Gasteiger partial charge is 0.438 e. The van der Waals surface area contributed by atoms with Gasteiger partial charge < -0.3 is 9.52 Å². The van der Waals surface area contributed by atoms with Gasteiger partial charge in [0, 0.05) is 10.6 Å². The van der Waals surface area contributed by atoms with Crippen LogP contribution < -0.4 is 0 Å². The summed E-state index contributed by atoms with van der Waals surface area (Å²) in [5.41, 5.74) is 1.67. The Morgan fingerprint density at radius 1 is 1.33 bits per heavy atom. The SMILES string of the molecule is Cc1nc(CO)oc1-c1ccc(Cl)cc1. The van der Waals surface area contributed by atoms with Gasteiger partial charge in [0.2, 0.25) is 5.89 Å². The molecule has 0 aliphatic rings. The van der Waals surface area contributed by atoms with Crippen molar-refractivity contribution in [1.29, 1.82) is 0 Å². The molecule has 0 fully saturated rings. The van der Waals surface area contributed by atoms with Crippen LogP contribution in [0.15, 0.2) is 28.7 Å². The molecule has 0 amide bonds. The highest BCUT2D eigenvalue weighted by Crippen LogP contribution is 2.25. The van der Waals surface area contributed by atoms with Crippen molar-refractivity contribution in [3.63, 3.8) is 0 Å². The van der Waals surface area contributed by atoms with E-state index in [1.165, 1.54) is 0 Å². The smallest absolute Gasteiger partial charge is 0.220 e. The van der Waals surface area contributed by atoms with Gasteiger partial charge in [-0.15, -0.1) is 0 Å². The van der Waals surface area contributed by atoms with Crippen molar-refractivity contribution in [3.05, 3.63) is 40.9 Å². The second kappa shape index (κ2) is 4.04. The average molecular weight is 224 g/mol. The Morgan fingerprint density at radius 2 is 2.00 bits per heavy atom.